The van der Waals surface area contributed by atoms with Crippen LogP contribution in [0.2, 0.25) is 0 Å². The number of thiazole rings is 1. The highest BCUT2D eigenvalue weighted by atomic mass is 32.1. The Labute approximate surface area is 201 Å². The van der Waals surface area contributed by atoms with Gasteiger partial charge in [0.25, 0.3) is 5.56 Å². The summed E-state index contributed by atoms with van der Waals surface area (Å²) in [5.41, 5.74) is 2.17. The van der Waals surface area contributed by atoms with Crippen LogP contribution in [0.15, 0.2) is 69.6 Å². The van der Waals surface area contributed by atoms with Crippen LogP contribution in [0, 0.1) is 0 Å². The van der Waals surface area contributed by atoms with Gasteiger partial charge in [0.1, 0.15) is 11.5 Å². The number of carbonyl (C=O) groups is 1. The number of hydrogen-bond donors (Lipinski definition) is 0. The average Bonchev–Trinajstić information content (AvgIpc) is 3.16. The quantitative estimate of drug-likeness (QED) is 0.488. The second-order valence-corrected chi connectivity index (χ2v) is 8.74. The number of esters is 1. The highest BCUT2D eigenvalue weighted by molar-refractivity contribution is 7.07. The van der Waals surface area contributed by atoms with Crippen LogP contribution in [0.25, 0.3) is 6.08 Å². The Morgan fingerprint density at radius 3 is 2.56 bits per heavy atom. The Morgan fingerprint density at radius 1 is 1.15 bits per heavy atom. The standard InChI is InChI=1S/C26H26N2O5S/c1-5-14-33-19-12-10-17(11-13-19)23-22(25(30)32-4)16(2)27-26-28(23)24(29)21(34-26)15-18-8-6-7-9-20(18)31-3/h6-13,15,23H,5,14H2,1-4H3/b21-15+. The molecule has 0 amide bonds. The van der Waals surface area contributed by atoms with E-state index >= 15 is 0 Å². The third-order valence-electron chi connectivity index (χ3n) is 5.52. The van der Waals surface area contributed by atoms with E-state index < -0.39 is 12.0 Å². The fourth-order valence-electron chi connectivity index (χ4n) is 3.90. The van der Waals surface area contributed by atoms with Crippen molar-refractivity contribution in [2.24, 2.45) is 4.99 Å². The van der Waals surface area contributed by atoms with Gasteiger partial charge in [0.2, 0.25) is 0 Å². The van der Waals surface area contributed by atoms with Crippen LogP contribution in [0.5, 0.6) is 11.5 Å². The van der Waals surface area contributed by atoms with Gasteiger partial charge in [-0.2, -0.15) is 0 Å². The van der Waals surface area contributed by atoms with Crippen molar-refractivity contribution < 1.29 is 19.0 Å². The second-order valence-electron chi connectivity index (χ2n) is 7.73. The Balaban J connectivity index is 1.90. The van der Waals surface area contributed by atoms with Crippen LogP contribution in [-0.4, -0.2) is 31.4 Å². The molecule has 0 saturated heterocycles. The van der Waals surface area contributed by atoms with Crippen molar-refractivity contribution in [2.75, 3.05) is 20.8 Å². The van der Waals surface area contributed by atoms with Gasteiger partial charge in [-0.3, -0.25) is 9.36 Å². The molecule has 2 heterocycles. The number of allylic oxidation sites excluding steroid dienone is 1. The number of para-hydroxylation sites is 1. The molecule has 1 unspecified atom stereocenters. The predicted octanol–water partition coefficient (Wildman–Crippen LogP) is 3.21. The largest absolute Gasteiger partial charge is 0.496 e. The first-order chi connectivity index (χ1) is 16.5. The number of rotatable bonds is 7. The molecule has 0 N–H and O–H groups in total. The third kappa shape index (κ3) is 4.41. The van der Waals surface area contributed by atoms with E-state index in [9.17, 15) is 9.59 Å². The number of methoxy groups -OCH3 is 2. The maximum Gasteiger partial charge on any atom is 0.338 e. The molecule has 0 spiro atoms. The minimum Gasteiger partial charge on any atom is -0.496 e. The number of nitrogens with zero attached hydrogens (tertiary/aromatic N) is 2. The van der Waals surface area contributed by atoms with Gasteiger partial charge in [-0.15, -0.1) is 0 Å². The summed E-state index contributed by atoms with van der Waals surface area (Å²) >= 11 is 1.28. The Hall–Kier alpha value is -3.65. The van der Waals surface area contributed by atoms with Gasteiger partial charge < -0.3 is 14.2 Å². The van der Waals surface area contributed by atoms with Crippen molar-refractivity contribution in [3.05, 3.63) is 90.6 Å². The first-order valence-corrected chi connectivity index (χ1v) is 11.8. The van der Waals surface area contributed by atoms with Gasteiger partial charge >= 0.3 is 5.97 Å². The summed E-state index contributed by atoms with van der Waals surface area (Å²) in [6, 6.07) is 14.3. The van der Waals surface area contributed by atoms with Crippen molar-refractivity contribution in [2.45, 2.75) is 26.3 Å². The molecule has 34 heavy (non-hydrogen) atoms. The van der Waals surface area contributed by atoms with Gasteiger partial charge in [-0.25, -0.2) is 9.79 Å². The molecule has 176 valence electrons. The molecule has 0 aliphatic carbocycles. The van der Waals surface area contributed by atoms with E-state index in [0.29, 0.717) is 33.0 Å². The highest BCUT2D eigenvalue weighted by Gasteiger charge is 2.33. The zero-order valence-corrected chi connectivity index (χ0v) is 20.3. The number of hydrogen-bond acceptors (Lipinski definition) is 7. The molecule has 7 nitrogen and oxygen atoms in total. The zero-order chi connectivity index (χ0) is 24.2. The number of aromatic nitrogens is 1. The smallest absolute Gasteiger partial charge is 0.338 e. The van der Waals surface area contributed by atoms with E-state index in [4.69, 9.17) is 14.2 Å². The van der Waals surface area contributed by atoms with Crippen molar-refractivity contribution in [3.8, 4) is 11.5 Å². The first kappa shape index (κ1) is 23.5. The first-order valence-electron chi connectivity index (χ1n) is 10.9. The molecule has 8 heteroatoms. The van der Waals surface area contributed by atoms with Gasteiger partial charge in [0.15, 0.2) is 4.80 Å². The molecule has 0 saturated carbocycles. The minimum absolute atomic E-state index is 0.236. The Kier molecular flexibility index (Phi) is 6.98. The molecule has 1 aliphatic rings. The highest BCUT2D eigenvalue weighted by Crippen LogP contribution is 2.31. The lowest BCUT2D eigenvalue weighted by Crippen LogP contribution is -2.39. The minimum atomic E-state index is -0.663. The zero-order valence-electron chi connectivity index (χ0n) is 19.5. The van der Waals surface area contributed by atoms with Crippen LogP contribution in [-0.2, 0) is 9.53 Å². The molecule has 0 radical (unpaired) electrons. The van der Waals surface area contributed by atoms with Gasteiger partial charge in [0, 0.05) is 5.56 Å². The molecular weight excluding hydrogens is 452 g/mol. The van der Waals surface area contributed by atoms with Gasteiger partial charge in [0.05, 0.1) is 42.7 Å². The lowest BCUT2D eigenvalue weighted by Gasteiger charge is -2.24. The van der Waals surface area contributed by atoms with Crippen molar-refractivity contribution in [1.82, 2.24) is 4.57 Å². The van der Waals surface area contributed by atoms with E-state index in [-0.39, 0.29) is 5.56 Å². The molecule has 0 fully saturated rings. The summed E-state index contributed by atoms with van der Waals surface area (Å²) in [4.78, 5) is 31.5. The maximum absolute atomic E-state index is 13.6. The molecule has 1 aromatic heterocycles. The topological polar surface area (TPSA) is 79.1 Å². The molecule has 3 aromatic rings. The summed E-state index contributed by atoms with van der Waals surface area (Å²) < 4.78 is 18.2. The fourth-order valence-corrected chi connectivity index (χ4v) is 4.94. The predicted molar refractivity (Wildman–Crippen MR) is 131 cm³/mol. The monoisotopic (exact) mass is 478 g/mol. The van der Waals surface area contributed by atoms with E-state index in [1.807, 2.05) is 55.5 Å². The van der Waals surface area contributed by atoms with Crippen molar-refractivity contribution in [1.29, 1.82) is 0 Å². The number of carbonyl (C=O) groups excluding carboxylic acids is 1. The second kappa shape index (κ2) is 10.1. The van der Waals surface area contributed by atoms with Crippen LogP contribution >= 0.6 is 11.3 Å². The number of fused-ring (bicyclic) bond motifs is 1. The molecule has 1 aliphatic heterocycles. The summed E-state index contributed by atoms with van der Waals surface area (Å²) in [5.74, 6) is 0.880. The number of ether oxygens (including phenoxy) is 3. The third-order valence-corrected chi connectivity index (χ3v) is 6.50. The lowest BCUT2D eigenvalue weighted by atomic mass is 9.96. The fraction of sp³-hybridized carbons (Fsp3) is 0.269. The molecule has 1 atom stereocenters. The number of benzene rings is 2. The van der Waals surface area contributed by atoms with Gasteiger partial charge in [-0.1, -0.05) is 48.6 Å². The van der Waals surface area contributed by atoms with E-state index in [1.165, 1.54) is 18.4 Å². The maximum atomic E-state index is 13.6. The summed E-state index contributed by atoms with van der Waals surface area (Å²) in [6.45, 7) is 4.42. The lowest BCUT2D eigenvalue weighted by molar-refractivity contribution is -0.136. The van der Waals surface area contributed by atoms with Crippen LogP contribution in [0.1, 0.15) is 37.4 Å². The van der Waals surface area contributed by atoms with Crippen molar-refractivity contribution in [3.63, 3.8) is 0 Å². The van der Waals surface area contributed by atoms with E-state index in [2.05, 4.69) is 4.99 Å². The average molecular weight is 479 g/mol. The summed E-state index contributed by atoms with van der Waals surface area (Å²) in [7, 11) is 2.92. The van der Waals surface area contributed by atoms with Crippen LogP contribution in [0.3, 0.4) is 0 Å². The Bertz CT molecular complexity index is 1420. The van der Waals surface area contributed by atoms with Gasteiger partial charge in [-0.05, 0) is 43.2 Å². The SMILES string of the molecule is CCCOc1ccc(C2C(C(=O)OC)=C(C)N=c3s/c(=C/c4ccccc4OC)c(=O)n32)cc1. The van der Waals surface area contributed by atoms with E-state index in [0.717, 1.165) is 23.3 Å². The normalized spacial score (nSPS) is 15.5. The molecule has 4 rings (SSSR count). The molecule has 0 bridgehead atoms. The Morgan fingerprint density at radius 2 is 1.88 bits per heavy atom. The molecule has 2 aromatic carbocycles. The van der Waals surface area contributed by atoms with Crippen LogP contribution in [0.4, 0.5) is 0 Å². The molecular formula is C26H26N2O5S. The van der Waals surface area contributed by atoms with Crippen molar-refractivity contribution >= 4 is 23.4 Å². The summed E-state index contributed by atoms with van der Waals surface area (Å²) in [5, 5.41) is 0. The van der Waals surface area contributed by atoms with Crippen LogP contribution < -0.4 is 24.4 Å². The van der Waals surface area contributed by atoms with E-state index in [1.54, 1.807) is 24.7 Å². The summed E-state index contributed by atoms with van der Waals surface area (Å²) in [6.07, 6.45) is 2.69.